The highest BCUT2D eigenvalue weighted by molar-refractivity contribution is 5.04. The summed E-state index contributed by atoms with van der Waals surface area (Å²) in [6.45, 7) is 2.27. The Morgan fingerprint density at radius 3 is 2.55 bits per heavy atom. The first kappa shape index (κ1) is 7.20. The van der Waals surface area contributed by atoms with Crippen LogP contribution in [0.5, 0.6) is 0 Å². The molecule has 1 aliphatic carbocycles. The highest BCUT2D eigenvalue weighted by atomic mass is 16.5. The lowest BCUT2D eigenvalue weighted by Gasteiger charge is -2.36. The van der Waals surface area contributed by atoms with E-state index in [4.69, 9.17) is 4.74 Å². The van der Waals surface area contributed by atoms with E-state index in [1.54, 1.807) is 0 Å². The van der Waals surface area contributed by atoms with Crippen molar-refractivity contribution < 1.29 is 4.74 Å². The average molecular weight is 152 g/mol. The Morgan fingerprint density at radius 2 is 2.00 bits per heavy atom. The average Bonchev–Trinajstić information content (AvgIpc) is 2.36. The fourth-order valence-corrected chi connectivity index (χ4v) is 2.30. The molecule has 0 N–H and O–H groups in total. The van der Waals surface area contributed by atoms with Crippen molar-refractivity contribution in [3.8, 4) is 0 Å². The van der Waals surface area contributed by atoms with Gasteiger partial charge in [0.25, 0.3) is 0 Å². The molecule has 2 aliphatic rings. The molecule has 1 heteroatoms. The van der Waals surface area contributed by atoms with Gasteiger partial charge in [-0.3, -0.25) is 0 Å². The van der Waals surface area contributed by atoms with Crippen molar-refractivity contribution in [3.63, 3.8) is 0 Å². The monoisotopic (exact) mass is 152 g/mol. The molecule has 1 unspecified atom stereocenters. The maximum atomic E-state index is 5.71. The van der Waals surface area contributed by atoms with Crippen molar-refractivity contribution in [3.05, 3.63) is 12.3 Å². The fraction of sp³-hybridized carbons (Fsp3) is 0.800. The SMILES string of the molecule is CC1C=COC12CCCCC2. The van der Waals surface area contributed by atoms with E-state index >= 15 is 0 Å². The molecule has 1 fully saturated rings. The Bertz CT molecular complexity index is 166. The second-order valence-corrected chi connectivity index (χ2v) is 3.86. The Kier molecular flexibility index (Phi) is 1.67. The van der Waals surface area contributed by atoms with Crippen LogP contribution in [0.3, 0.4) is 0 Å². The zero-order chi connectivity index (χ0) is 7.73. The molecule has 1 atom stereocenters. The van der Waals surface area contributed by atoms with E-state index in [1.165, 1.54) is 32.1 Å². The van der Waals surface area contributed by atoms with Crippen LogP contribution in [-0.4, -0.2) is 5.60 Å². The van der Waals surface area contributed by atoms with E-state index in [1.807, 2.05) is 6.26 Å². The second kappa shape index (κ2) is 2.54. The number of hydrogen-bond acceptors (Lipinski definition) is 1. The maximum absolute atomic E-state index is 5.71. The molecule has 0 saturated heterocycles. The molecule has 0 aromatic carbocycles. The van der Waals surface area contributed by atoms with Gasteiger partial charge in [-0.1, -0.05) is 13.3 Å². The van der Waals surface area contributed by atoms with E-state index in [0.29, 0.717) is 5.92 Å². The summed E-state index contributed by atoms with van der Waals surface area (Å²) in [5, 5.41) is 0. The number of rotatable bonds is 0. The largest absolute Gasteiger partial charge is 0.495 e. The van der Waals surface area contributed by atoms with Crippen LogP contribution in [0.2, 0.25) is 0 Å². The third kappa shape index (κ3) is 1.07. The Hall–Kier alpha value is -0.460. The molecule has 1 aliphatic heterocycles. The normalized spacial score (nSPS) is 34.1. The third-order valence-electron chi connectivity index (χ3n) is 3.20. The van der Waals surface area contributed by atoms with Crippen molar-refractivity contribution in [2.24, 2.45) is 5.92 Å². The molecule has 1 nitrogen and oxygen atoms in total. The van der Waals surface area contributed by atoms with E-state index < -0.39 is 0 Å². The smallest absolute Gasteiger partial charge is 0.114 e. The first-order valence-electron chi connectivity index (χ1n) is 4.68. The van der Waals surface area contributed by atoms with Gasteiger partial charge in [0, 0.05) is 5.92 Å². The quantitative estimate of drug-likeness (QED) is 0.518. The number of hydrogen-bond donors (Lipinski definition) is 0. The Labute approximate surface area is 68.4 Å². The Balaban J connectivity index is 2.08. The van der Waals surface area contributed by atoms with Crippen LogP contribution in [-0.2, 0) is 4.74 Å². The molecule has 1 saturated carbocycles. The maximum Gasteiger partial charge on any atom is 0.114 e. The summed E-state index contributed by atoms with van der Waals surface area (Å²) in [5.41, 5.74) is 0.220. The summed E-state index contributed by atoms with van der Waals surface area (Å²) >= 11 is 0. The first-order chi connectivity index (χ1) is 5.33. The zero-order valence-corrected chi connectivity index (χ0v) is 7.18. The lowest BCUT2D eigenvalue weighted by atomic mass is 9.77. The van der Waals surface area contributed by atoms with Gasteiger partial charge in [0.2, 0.25) is 0 Å². The van der Waals surface area contributed by atoms with E-state index in [2.05, 4.69) is 13.0 Å². The molecule has 1 spiro atoms. The van der Waals surface area contributed by atoms with Gasteiger partial charge in [0.05, 0.1) is 6.26 Å². The molecule has 0 aromatic heterocycles. The molecule has 11 heavy (non-hydrogen) atoms. The lowest BCUT2D eigenvalue weighted by molar-refractivity contribution is -0.0190. The van der Waals surface area contributed by atoms with Crippen LogP contribution in [0.15, 0.2) is 12.3 Å². The molecule has 0 radical (unpaired) electrons. The van der Waals surface area contributed by atoms with Crippen LogP contribution in [0, 0.1) is 5.92 Å². The molecular weight excluding hydrogens is 136 g/mol. The number of ether oxygens (including phenoxy) is 1. The summed E-state index contributed by atoms with van der Waals surface area (Å²) in [4.78, 5) is 0. The summed E-state index contributed by atoms with van der Waals surface area (Å²) in [5.74, 6) is 0.641. The van der Waals surface area contributed by atoms with Crippen LogP contribution in [0.25, 0.3) is 0 Å². The molecular formula is C10H16O. The summed E-state index contributed by atoms with van der Waals surface area (Å²) in [7, 11) is 0. The van der Waals surface area contributed by atoms with Gasteiger partial charge < -0.3 is 4.74 Å². The van der Waals surface area contributed by atoms with Crippen LogP contribution >= 0.6 is 0 Å². The molecule has 1 heterocycles. The van der Waals surface area contributed by atoms with Gasteiger partial charge in [-0.25, -0.2) is 0 Å². The van der Waals surface area contributed by atoms with Crippen molar-refractivity contribution in [1.29, 1.82) is 0 Å². The van der Waals surface area contributed by atoms with E-state index in [9.17, 15) is 0 Å². The van der Waals surface area contributed by atoms with Crippen molar-refractivity contribution >= 4 is 0 Å². The van der Waals surface area contributed by atoms with Gasteiger partial charge in [0.15, 0.2) is 0 Å². The van der Waals surface area contributed by atoms with Gasteiger partial charge in [0.1, 0.15) is 5.60 Å². The van der Waals surface area contributed by atoms with Gasteiger partial charge in [-0.05, 0) is 31.8 Å². The first-order valence-corrected chi connectivity index (χ1v) is 4.68. The fourth-order valence-electron chi connectivity index (χ4n) is 2.30. The highest BCUT2D eigenvalue weighted by Crippen LogP contribution is 2.41. The minimum absolute atomic E-state index is 0.220. The minimum Gasteiger partial charge on any atom is -0.495 e. The second-order valence-electron chi connectivity index (χ2n) is 3.86. The lowest BCUT2D eigenvalue weighted by Crippen LogP contribution is -2.36. The molecule has 0 aromatic rings. The van der Waals surface area contributed by atoms with E-state index in [-0.39, 0.29) is 5.60 Å². The van der Waals surface area contributed by atoms with Crippen molar-refractivity contribution in [2.45, 2.75) is 44.6 Å². The molecule has 2 rings (SSSR count). The van der Waals surface area contributed by atoms with Crippen LogP contribution < -0.4 is 0 Å². The minimum atomic E-state index is 0.220. The van der Waals surface area contributed by atoms with Crippen molar-refractivity contribution in [2.75, 3.05) is 0 Å². The summed E-state index contributed by atoms with van der Waals surface area (Å²) in [6.07, 6.45) is 10.7. The molecule has 0 amide bonds. The molecule has 62 valence electrons. The zero-order valence-electron chi connectivity index (χ0n) is 7.18. The van der Waals surface area contributed by atoms with Gasteiger partial charge in [-0.15, -0.1) is 0 Å². The third-order valence-corrected chi connectivity index (χ3v) is 3.20. The van der Waals surface area contributed by atoms with E-state index in [0.717, 1.165) is 0 Å². The predicted octanol–water partition coefficient (Wildman–Crippen LogP) is 2.87. The summed E-state index contributed by atoms with van der Waals surface area (Å²) in [6, 6.07) is 0. The molecule has 0 bridgehead atoms. The topological polar surface area (TPSA) is 9.23 Å². The van der Waals surface area contributed by atoms with Crippen molar-refractivity contribution in [1.82, 2.24) is 0 Å². The standard InChI is InChI=1S/C10H16O/c1-9-5-8-11-10(9)6-3-2-4-7-10/h5,8-9H,2-4,6-7H2,1H3. The van der Waals surface area contributed by atoms with Crippen LogP contribution in [0.4, 0.5) is 0 Å². The van der Waals surface area contributed by atoms with Gasteiger partial charge >= 0.3 is 0 Å². The highest BCUT2D eigenvalue weighted by Gasteiger charge is 2.40. The predicted molar refractivity (Wildman–Crippen MR) is 45.2 cm³/mol. The van der Waals surface area contributed by atoms with Crippen LogP contribution in [0.1, 0.15) is 39.0 Å². The van der Waals surface area contributed by atoms with Gasteiger partial charge in [-0.2, -0.15) is 0 Å². The Morgan fingerprint density at radius 1 is 1.27 bits per heavy atom. The summed E-state index contributed by atoms with van der Waals surface area (Å²) < 4.78 is 5.71.